The van der Waals surface area contributed by atoms with Crippen molar-refractivity contribution >= 4 is 11.4 Å². The number of fused-ring (bicyclic) bond motifs is 2. The Bertz CT molecular complexity index is 976. The fourth-order valence-corrected chi connectivity index (χ4v) is 4.08. The van der Waals surface area contributed by atoms with Gasteiger partial charge in [-0.3, -0.25) is 4.79 Å². The van der Waals surface area contributed by atoms with Crippen molar-refractivity contribution in [3.8, 4) is 5.75 Å². The first kappa shape index (κ1) is 22.1. The van der Waals surface area contributed by atoms with E-state index in [1.54, 1.807) is 0 Å². The van der Waals surface area contributed by atoms with Gasteiger partial charge in [-0.25, -0.2) is 0 Å². The number of aliphatic hydroxyl groups is 1. The molecule has 0 radical (unpaired) electrons. The van der Waals surface area contributed by atoms with Crippen LogP contribution in [0.3, 0.4) is 0 Å². The van der Waals surface area contributed by atoms with E-state index in [-0.39, 0.29) is 38.1 Å². The lowest BCUT2D eigenvalue weighted by Crippen LogP contribution is -2.20. The van der Waals surface area contributed by atoms with Crippen molar-refractivity contribution < 1.29 is 27.8 Å². The zero-order valence-electron chi connectivity index (χ0n) is 15.8. The number of alkyl halides is 3. The van der Waals surface area contributed by atoms with Crippen LogP contribution in [0, 0.1) is 0 Å². The highest BCUT2D eigenvalue weighted by atomic mass is 19.4. The molecule has 1 aliphatic heterocycles. The number of hydrogen-bond donors (Lipinski definition) is 1. The van der Waals surface area contributed by atoms with E-state index in [0.29, 0.717) is 24.0 Å². The van der Waals surface area contributed by atoms with Gasteiger partial charge >= 0.3 is 6.18 Å². The second kappa shape index (κ2) is 8.64. The quantitative estimate of drug-likeness (QED) is 0.700. The van der Waals surface area contributed by atoms with Crippen LogP contribution in [0.4, 0.5) is 13.2 Å². The number of benzene rings is 2. The molecule has 160 valence electrons. The highest BCUT2D eigenvalue weighted by Crippen LogP contribution is 2.38. The topological polar surface area (TPSA) is 46.5 Å². The minimum atomic E-state index is -4.44. The summed E-state index contributed by atoms with van der Waals surface area (Å²) in [4.78, 5) is 12.7. The number of carbonyl (C=O) groups is 1. The molecule has 30 heavy (non-hydrogen) atoms. The molecule has 2 aliphatic rings. The first-order chi connectivity index (χ1) is 13.8. The first-order valence-corrected chi connectivity index (χ1v) is 9.67. The number of carbonyl (C=O) groups excluding carboxylic acids is 1. The molecule has 0 bridgehead atoms. The van der Waals surface area contributed by atoms with Crippen molar-refractivity contribution in [2.75, 3.05) is 6.61 Å². The third-order valence-electron chi connectivity index (χ3n) is 5.54. The van der Waals surface area contributed by atoms with Gasteiger partial charge in [0.15, 0.2) is 5.78 Å². The summed E-state index contributed by atoms with van der Waals surface area (Å²) in [5.74, 6) is 0.0477. The van der Waals surface area contributed by atoms with Gasteiger partial charge < -0.3 is 9.84 Å². The molecule has 0 amide bonds. The van der Waals surface area contributed by atoms with E-state index in [9.17, 15) is 23.1 Å². The van der Waals surface area contributed by atoms with E-state index in [0.717, 1.165) is 36.1 Å². The molecule has 4 rings (SSSR count). The average Bonchev–Trinajstić information content (AvgIpc) is 2.67. The molecule has 2 aromatic carbocycles. The number of halogens is 3. The smallest absolute Gasteiger partial charge is 0.416 e. The lowest BCUT2D eigenvalue weighted by molar-refractivity contribution is -0.137. The zero-order valence-corrected chi connectivity index (χ0v) is 15.8. The summed E-state index contributed by atoms with van der Waals surface area (Å²) in [6.07, 6.45) is -0.558. The Morgan fingerprint density at radius 1 is 1.20 bits per heavy atom. The maximum Gasteiger partial charge on any atom is 0.416 e. The molecule has 2 aromatic rings. The van der Waals surface area contributed by atoms with Crippen LogP contribution >= 0.6 is 0 Å². The van der Waals surface area contributed by atoms with Crippen LogP contribution in [0.5, 0.6) is 5.75 Å². The van der Waals surface area contributed by atoms with Crippen LogP contribution < -0.4 is 4.74 Å². The maximum absolute atomic E-state index is 12.9. The molecular formula is C24H25F3O3. The molecule has 0 saturated carbocycles. The van der Waals surface area contributed by atoms with Gasteiger partial charge in [-0.1, -0.05) is 31.7 Å². The monoisotopic (exact) mass is 418 g/mol. The van der Waals surface area contributed by atoms with Gasteiger partial charge in [-0.2, -0.15) is 13.2 Å². The highest BCUT2D eigenvalue weighted by molar-refractivity contribution is 5.99. The Kier molecular flexibility index (Phi) is 6.36. The van der Waals surface area contributed by atoms with Crippen LogP contribution in [0.15, 0.2) is 42.5 Å². The number of ether oxygens (including phenoxy) is 1. The SMILES string of the molecule is C.O=C(/C=C1\CCOc2cc(C(F)(F)F)ccc21)Cc1cccc2c1C[C@H](O)CC2. The van der Waals surface area contributed by atoms with Crippen LogP contribution in [-0.2, 0) is 30.2 Å². The van der Waals surface area contributed by atoms with Gasteiger partial charge in [0.1, 0.15) is 5.75 Å². The molecule has 0 unspecified atom stereocenters. The molecule has 1 atom stereocenters. The zero-order chi connectivity index (χ0) is 20.6. The summed E-state index contributed by atoms with van der Waals surface area (Å²) in [6.45, 7) is 0.236. The number of rotatable bonds is 3. The number of aryl methyl sites for hydroxylation is 1. The summed E-state index contributed by atoms with van der Waals surface area (Å²) in [5, 5.41) is 9.97. The Hall–Kier alpha value is -2.60. The predicted molar refractivity (Wildman–Crippen MR) is 109 cm³/mol. The molecular weight excluding hydrogens is 393 g/mol. The number of hydrogen-bond acceptors (Lipinski definition) is 3. The Morgan fingerprint density at radius 3 is 2.77 bits per heavy atom. The normalized spacial score (nSPS) is 19.3. The molecule has 0 fully saturated rings. The van der Waals surface area contributed by atoms with Crippen molar-refractivity contribution in [1.82, 2.24) is 0 Å². The third-order valence-corrected chi connectivity index (χ3v) is 5.54. The third kappa shape index (κ3) is 4.59. The van der Waals surface area contributed by atoms with Crippen molar-refractivity contribution in [1.29, 1.82) is 0 Å². The lowest BCUT2D eigenvalue weighted by Gasteiger charge is -2.23. The van der Waals surface area contributed by atoms with Gasteiger partial charge in [-0.05, 0) is 59.7 Å². The van der Waals surface area contributed by atoms with Gasteiger partial charge in [0.2, 0.25) is 0 Å². The standard InChI is InChI=1S/C23H21F3O3.CH4/c24-23(25,26)17-5-7-20-16(8-9-29-22(20)12-17)11-19(28)10-15-3-1-2-14-4-6-18(27)13-21(14)15;/h1-3,5,7,11-12,18,27H,4,6,8-10,13H2;1H4/b16-11+;/t18-;/m1./s1. The van der Waals surface area contributed by atoms with Crippen LogP contribution in [0.2, 0.25) is 0 Å². The van der Waals surface area contributed by atoms with Gasteiger partial charge in [0, 0.05) is 18.4 Å². The number of aliphatic hydroxyl groups excluding tert-OH is 1. The van der Waals surface area contributed by atoms with Crippen molar-refractivity contribution in [2.45, 2.75) is 51.8 Å². The number of allylic oxidation sites excluding steroid dienone is 1. The van der Waals surface area contributed by atoms with Crippen LogP contribution in [0.25, 0.3) is 5.57 Å². The predicted octanol–water partition coefficient (Wildman–Crippen LogP) is 5.17. The maximum atomic E-state index is 12.9. The summed E-state index contributed by atoms with van der Waals surface area (Å²) in [5.41, 5.74) is 3.57. The fraction of sp³-hybridized carbons (Fsp3) is 0.375. The van der Waals surface area contributed by atoms with Crippen molar-refractivity contribution in [3.05, 3.63) is 70.3 Å². The second-order valence-electron chi connectivity index (χ2n) is 7.57. The summed E-state index contributed by atoms with van der Waals surface area (Å²) in [6, 6.07) is 9.23. The van der Waals surface area contributed by atoms with E-state index < -0.39 is 11.7 Å². The Balaban J connectivity index is 0.00000256. The Labute approximate surface area is 174 Å². The van der Waals surface area contributed by atoms with Crippen LogP contribution in [0.1, 0.15) is 48.1 Å². The molecule has 0 saturated heterocycles. The van der Waals surface area contributed by atoms with E-state index in [1.807, 2.05) is 18.2 Å². The second-order valence-corrected chi connectivity index (χ2v) is 7.57. The van der Waals surface area contributed by atoms with Crippen molar-refractivity contribution in [3.63, 3.8) is 0 Å². The molecule has 1 aliphatic carbocycles. The largest absolute Gasteiger partial charge is 0.493 e. The van der Waals surface area contributed by atoms with E-state index in [2.05, 4.69) is 0 Å². The molecule has 6 heteroatoms. The minimum Gasteiger partial charge on any atom is -0.493 e. The highest BCUT2D eigenvalue weighted by Gasteiger charge is 2.32. The van der Waals surface area contributed by atoms with Crippen LogP contribution in [-0.4, -0.2) is 23.6 Å². The first-order valence-electron chi connectivity index (χ1n) is 9.67. The minimum absolute atomic E-state index is 0. The van der Waals surface area contributed by atoms with Gasteiger partial charge in [0.25, 0.3) is 0 Å². The molecule has 3 nitrogen and oxygen atoms in total. The molecule has 1 N–H and O–H groups in total. The van der Waals surface area contributed by atoms with E-state index in [4.69, 9.17) is 4.74 Å². The van der Waals surface area contributed by atoms with E-state index >= 15 is 0 Å². The summed E-state index contributed by atoms with van der Waals surface area (Å²) >= 11 is 0. The molecule has 0 spiro atoms. The Morgan fingerprint density at radius 2 is 2.00 bits per heavy atom. The van der Waals surface area contributed by atoms with Gasteiger partial charge in [-0.15, -0.1) is 0 Å². The summed E-state index contributed by atoms with van der Waals surface area (Å²) in [7, 11) is 0. The molecule has 0 aromatic heterocycles. The van der Waals surface area contributed by atoms with Crippen molar-refractivity contribution in [2.24, 2.45) is 0 Å². The molecule has 1 heterocycles. The fourth-order valence-electron chi connectivity index (χ4n) is 4.08. The number of ketones is 1. The lowest BCUT2D eigenvalue weighted by atomic mass is 9.85. The average molecular weight is 418 g/mol. The van der Waals surface area contributed by atoms with E-state index in [1.165, 1.54) is 17.7 Å². The summed E-state index contributed by atoms with van der Waals surface area (Å²) < 4.78 is 44.2. The van der Waals surface area contributed by atoms with Gasteiger partial charge in [0.05, 0.1) is 18.3 Å².